The summed E-state index contributed by atoms with van der Waals surface area (Å²) >= 11 is 0. The smallest absolute Gasteiger partial charge is 0.137 e. The van der Waals surface area contributed by atoms with Gasteiger partial charge < -0.3 is 10.1 Å². The number of aromatic nitrogens is 1. The predicted octanol–water partition coefficient (Wildman–Crippen LogP) is 2.40. The van der Waals surface area contributed by atoms with Crippen LogP contribution in [0.3, 0.4) is 0 Å². The standard InChI is InChI=1S/C13H20N2O/c1-3-4-6-12(2)15-9-10-16-13-7-5-8-14-11-13/h3,5,7-8,11-12,15H,1,4,6,9-10H2,2H3. The number of nitrogens with one attached hydrogen (secondary N) is 1. The molecule has 1 atom stereocenters. The van der Waals surface area contributed by atoms with E-state index in [1.807, 2.05) is 18.2 Å². The molecule has 1 N–H and O–H groups in total. The van der Waals surface area contributed by atoms with Crippen molar-refractivity contribution in [3.8, 4) is 5.75 Å². The Morgan fingerprint density at radius 3 is 3.19 bits per heavy atom. The van der Waals surface area contributed by atoms with Crippen molar-refractivity contribution in [3.05, 3.63) is 37.2 Å². The summed E-state index contributed by atoms with van der Waals surface area (Å²) in [6.45, 7) is 7.41. The Labute approximate surface area is 97.5 Å². The summed E-state index contributed by atoms with van der Waals surface area (Å²) in [5.41, 5.74) is 0. The van der Waals surface area contributed by atoms with Gasteiger partial charge in [-0.1, -0.05) is 6.08 Å². The lowest BCUT2D eigenvalue weighted by atomic mass is 10.2. The molecule has 0 radical (unpaired) electrons. The molecule has 1 aromatic heterocycles. The van der Waals surface area contributed by atoms with Gasteiger partial charge in [-0.25, -0.2) is 0 Å². The molecule has 0 saturated carbocycles. The zero-order valence-electron chi connectivity index (χ0n) is 9.86. The minimum absolute atomic E-state index is 0.510. The van der Waals surface area contributed by atoms with Crippen LogP contribution in [-0.2, 0) is 0 Å². The van der Waals surface area contributed by atoms with E-state index in [1.165, 1.54) is 0 Å². The van der Waals surface area contributed by atoms with E-state index in [2.05, 4.69) is 23.8 Å². The van der Waals surface area contributed by atoms with E-state index >= 15 is 0 Å². The van der Waals surface area contributed by atoms with E-state index in [1.54, 1.807) is 12.4 Å². The highest BCUT2D eigenvalue weighted by molar-refractivity contribution is 5.15. The molecular formula is C13H20N2O. The molecule has 3 nitrogen and oxygen atoms in total. The van der Waals surface area contributed by atoms with Crippen molar-refractivity contribution in [2.24, 2.45) is 0 Å². The van der Waals surface area contributed by atoms with Crippen molar-refractivity contribution in [1.82, 2.24) is 10.3 Å². The van der Waals surface area contributed by atoms with Crippen LogP contribution in [0.25, 0.3) is 0 Å². The lowest BCUT2D eigenvalue weighted by Gasteiger charge is -2.12. The van der Waals surface area contributed by atoms with Crippen molar-refractivity contribution < 1.29 is 4.74 Å². The number of ether oxygens (including phenoxy) is 1. The molecular weight excluding hydrogens is 200 g/mol. The SMILES string of the molecule is C=CCCC(C)NCCOc1cccnc1. The van der Waals surface area contributed by atoms with Gasteiger partial charge in [-0.15, -0.1) is 6.58 Å². The Morgan fingerprint density at radius 2 is 2.50 bits per heavy atom. The molecule has 88 valence electrons. The first-order valence-electron chi connectivity index (χ1n) is 5.70. The van der Waals surface area contributed by atoms with Crippen LogP contribution in [0.1, 0.15) is 19.8 Å². The van der Waals surface area contributed by atoms with Gasteiger partial charge in [0.05, 0.1) is 6.20 Å². The summed E-state index contributed by atoms with van der Waals surface area (Å²) in [6.07, 6.45) is 7.59. The van der Waals surface area contributed by atoms with Crippen LogP contribution >= 0.6 is 0 Å². The van der Waals surface area contributed by atoms with E-state index in [-0.39, 0.29) is 0 Å². The molecule has 1 rings (SSSR count). The van der Waals surface area contributed by atoms with Gasteiger partial charge in [0.15, 0.2) is 0 Å². The number of rotatable bonds is 8. The summed E-state index contributed by atoms with van der Waals surface area (Å²) in [6, 6.07) is 4.29. The molecule has 1 heterocycles. The summed E-state index contributed by atoms with van der Waals surface area (Å²) in [5, 5.41) is 3.39. The van der Waals surface area contributed by atoms with Gasteiger partial charge in [0.25, 0.3) is 0 Å². The third-order valence-corrected chi connectivity index (χ3v) is 2.30. The highest BCUT2D eigenvalue weighted by atomic mass is 16.5. The molecule has 1 unspecified atom stereocenters. The van der Waals surface area contributed by atoms with Crippen LogP contribution in [-0.4, -0.2) is 24.2 Å². The molecule has 0 aliphatic rings. The maximum absolute atomic E-state index is 5.52. The van der Waals surface area contributed by atoms with E-state index in [0.29, 0.717) is 12.6 Å². The van der Waals surface area contributed by atoms with Gasteiger partial charge in [0, 0.05) is 18.8 Å². The van der Waals surface area contributed by atoms with E-state index in [9.17, 15) is 0 Å². The quantitative estimate of drug-likeness (QED) is 0.539. The monoisotopic (exact) mass is 220 g/mol. The van der Waals surface area contributed by atoms with Gasteiger partial charge in [-0.2, -0.15) is 0 Å². The predicted molar refractivity (Wildman–Crippen MR) is 66.6 cm³/mol. The fourth-order valence-corrected chi connectivity index (χ4v) is 1.38. The van der Waals surface area contributed by atoms with Crippen LogP contribution in [0.2, 0.25) is 0 Å². The van der Waals surface area contributed by atoms with Gasteiger partial charge in [0.1, 0.15) is 12.4 Å². The Bertz CT molecular complexity index is 287. The van der Waals surface area contributed by atoms with Gasteiger partial charge in [0.2, 0.25) is 0 Å². The second-order valence-electron chi connectivity index (χ2n) is 3.76. The number of nitrogens with zero attached hydrogens (tertiary/aromatic N) is 1. The lowest BCUT2D eigenvalue weighted by Crippen LogP contribution is -2.30. The first kappa shape index (κ1) is 12.7. The maximum Gasteiger partial charge on any atom is 0.137 e. The Balaban J connectivity index is 2.05. The zero-order chi connectivity index (χ0) is 11.6. The Hall–Kier alpha value is -1.35. The fraction of sp³-hybridized carbons (Fsp3) is 0.462. The van der Waals surface area contributed by atoms with Crippen LogP contribution in [0.4, 0.5) is 0 Å². The summed E-state index contributed by atoms with van der Waals surface area (Å²) < 4.78 is 5.52. The average Bonchev–Trinajstić information content (AvgIpc) is 2.33. The van der Waals surface area contributed by atoms with Crippen molar-refractivity contribution in [3.63, 3.8) is 0 Å². The molecule has 0 amide bonds. The minimum atomic E-state index is 0.510. The van der Waals surface area contributed by atoms with Gasteiger partial charge in [-0.05, 0) is 31.9 Å². The molecule has 1 aromatic rings. The molecule has 16 heavy (non-hydrogen) atoms. The molecule has 0 aliphatic heterocycles. The van der Waals surface area contributed by atoms with Crippen molar-refractivity contribution in [1.29, 1.82) is 0 Å². The second kappa shape index (κ2) is 7.88. The number of hydrogen-bond acceptors (Lipinski definition) is 3. The number of pyridine rings is 1. The second-order valence-corrected chi connectivity index (χ2v) is 3.76. The minimum Gasteiger partial charge on any atom is -0.491 e. The average molecular weight is 220 g/mol. The normalized spacial score (nSPS) is 12.1. The van der Waals surface area contributed by atoms with Crippen molar-refractivity contribution >= 4 is 0 Å². The number of hydrogen-bond donors (Lipinski definition) is 1. The van der Waals surface area contributed by atoms with Crippen LogP contribution in [0, 0.1) is 0 Å². The van der Waals surface area contributed by atoms with E-state index in [4.69, 9.17) is 4.74 Å². The molecule has 0 aliphatic carbocycles. The van der Waals surface area contributed by atoms with Crippen molar-refractivity contribution in [2.75, 3.05) is 13.2 Å². The molecule has 0 spiro atoms. The first-order chi connectivity index (χ1) is 7.83. The summed E-state index contributed by atoms with van der Waals surface area (Å²) in [7, 11) is 0. The molecule has 0 fully saturated rings. The summed E-state index contributed by atoms with van der Waals surface area (Å²) in [4.78, 5) is 3.98. The number of allylic oxidation sites excluding steroid dienone is 1. The van der Waals surface area contributed by atoms with E-state index in [0.717, 1.165) is 25.1 Å². The van der Waals surface area contributed by atoms with Crippen LogP contribution in [0.15, 0.2) is 37.2 Å². The van der Waals surface area contributed by atoms with Crippen LogP contribution in [0.5, 0.6) is 5.75 Å². The fourth-order valence-electron chi connectivity index (χ4n) is 1.38. The Kier molecular flexibility index (Phi) is 6.26. The lowest BCUT2D eigenvalue weighted by molar-refractivity contribution is 0.304. The largest absolute Gasteiger partial charge is 0.491 e. The molecule has 0 bridgehead atoms. The molecule has 3 heteroatoms. The van der Waals surface area contributed by atoms with Gasteiger partial charge in [-0.3, -0.25) is 4.98 Å². The topological polar surface area (TPSA) is 34.1 Å². The highest BCUT2D eigenvalue weighted by Gasteiger charge is 1.99. The maximum atomic E-state index is 5.52. The highest BCUT2D eigenvalue weighted by Crippen LogP contribution is 2.05. The van der Waals surface area contributed by atoms with Gasteiger partial charge >= 0.3 is 0 Å². The Morgan fingerprint density at radius 1 is 1.62 bits per heavy atom. The third kappa shape index (κ3) is 5.51. The summed E-state index contributed by atoms with van der Waals surface area (Å²) in [5.74, 6) is 0.822. The van der Waals surface area contributed by atoms with Crippen LogP contribution < -0.4 is 10.1 Å². The first-order valence-corrected chi connectivity index (χ1v) is 5.70. The van der Waals surface area contributed by atoms with E-state index < -0.39 is 0 Å². The molecule has 0 aromatic carbocycles. The third-order valence-electron chi connectivity index (χ3n) is 2.30. The molecule has 0 saturated heterocycles. The van der Waals surface area contributed by atoms with Crippen molar-refractivity contribution in [2.45, 2.75) is 25.8 Å². The zero-order valence-corrected chi connectivity index (χ0v) is 9.86.